The van der Waals surface area contributed by atoms with E-state index in [1.54, 1.807) is 0 Å². The molecule has 0 aromatic rings. The maximum Gasteiger partial charge on any atom is 0.306 e. The predicted molar refractivity (Wildman–Crippen MR) is 324 cm³/mol. The molecule has 0 aromatic carbocycles. The second kappa shape index (κ2) is 60.8. The molecule has 0 saturated carbocycles. The van der Waals surface area contributed by atoms with Crippen LogP contribution in [0.5, 0.6) is 0 Å². The molecule has 0 bridgehead atoms. The molecule has 75 heavy (non-hydrogen) atoms. The van der Waals surface area contributed by atoms with Crippen LogP contribution in [-0.4, -0.2) is 37.2 Å². The molecule has 0 radical (unpaired) electrons. The Bertz CT molecular complexity index is 1850. The van der Waals surface area contributed by atoms with Crippen LogP contribution in [0.25, 0.3) is 0 Å². The van der Waals surface area contributed by atoms with Crippen molar-refractivity contribution in [3.8, 4) is 0 Å². The van der Waals surface area contributed by atoms with E-state index in [1.165, 1.54) is 12.8 Å². The lowest BCUT2D eigenvalue weighted by atomic mass is 10.1. The van der Waals surface area contributed by atoms with Gasteiger partial charge in [0, 0.05) is 19.3 Å². The van der Waals surface area contributed by atoms with Gasteiger partial charge in [0.2, 0.25) is 0 Å². The normalized spacial score (nSPS) is 13.6. The Balaban J connectivity index is 4.58. The fourth-order valence-corrected chi connectivity index (χ4v) is 6.89. The lowest BCUT2D eigenvalue weighted by Gasteiger charge is -2.18. The quantitative estimate of drug-likeness (QED) is 0.0261. The molecular formula is C69H102O6. The molecule has 0 aliphatic rings. The van der Waals surface area contributed by atoms with Gasteiger partial charge in [-0.1, -0.05) is 241 Å². The van der Waals surface area contributed by atoms with E-state index >= 15 is 0 Å². The van der Waals surface area contributed by atoms with Crippen LogP contribution in [0.2, 0.25) is 0 Å². The number of carbonyl (C=O) groups is 3. The van der Waals surface area contributed by atoms with Crippen molar-refractivity contribution in [2.45, 2.75) is 207 Å². The molecule has 0 fully saturated rings. The summed E-state index contributed by atoms with van der Waals surface area (Å²) in [7, 11) is 0. The number of carbonyl (C=O) groups excluding carboxylic acids is 3. The van der Waals surface area contributed by atoms with Gasteiger partial charge in [0.15, 0.2) is 6.10 Å². The molecule has 6 heteroatoms. The minimum atomic E-state index is -0.866. The minimum Gasteiger partial charge on any atom is -0.462 e. The number of esters is 3. The number of allylic oxidation sites excluding steroid dienone is 32. The van der Waals surface area contributed by atoms with Gasteiger partial charge in [-0.3, -0.25) is 14.4 Å². The van der Waals surface area contributed by atoms with Crippen molar-refractivity contribution in [2.75, 3.05) is 13.2 Å². The monoisotopic (exact) mass is 1030 g/mol. The van der Waals surface area contributed by atoms with E-state index < -0.39 is 12.1 Å². The van der Waals surface area contributed by atoms with E-state index in [9.17, 15) is 14.4 Å². The van der Waals surface area contributed by atoms with Gasteiger partial charge < -0.3 is 14.2 Å². The summed E-state index contributed by atoms with van der Waals surface area (Å²) in [6.45, 7) is 6.12. The summed E-state index contributed by atoms with van der Waals surface area (Å²) in [5, 5.41) is 0. The first-order chi connectivity index (χ1) is 37.0. The van der Waals surface area contributed by atoms with Gasteiger partial charge in [0.25, 0.3) is 0 Å². The number of hydrogen-bond donors (Lipinski definition) is 0. The fraction of sp³-hybridized carbons (Fsp3) is 0.493. The molecule has 0 aliphatic heterocycles. The summed E-state index contributed by atoms with van der Waals surface area (Å²) < 4.78 is 16.7. The van der Waals surface area contributed by atoms with Gasteiger partial charge in [-0.05, 0) is 135 Å². The first kappa shape index (κ1) is 69.2. The summed E-state index contributed by atoms with van der Waals surface area (Å²) in [4.78, 5) is 38.1. The third kappa shape index (κ3) is 59.0. The zero-order valence-corrected chi connectivity index (χ0v) is 47.2. The van der Waals surface area contributed by atoms with Crippen molar-refractivity contribution in [1.82, 2.24) is 0 Å². The maximum atomic E-state index is 12.8. The largest absolute Gasteiger partial charge is 0.462 e. The lowest BCUT2D eigenvalue weighted by molar-refractivity contribution is -0.166. The molecule has 1 unspecified atom stereocenters. The molecule has 6 nitrogen and oxygen atoms in total. The van der Waals surface area contributed by atoms with Crippen LogP contribution in [0.4, 0.5) is 0 Å². The van der Waals surface area contributed by atoms with E-state index in [4.69, 9.17) is 14.2 Å². The summed E-state index contributed by atoms with van der Waals surface area (Å²) in [5.41, 5.74) is 0. The third-order valence-corrected chi connectivity index (χ3v) is 11.1. The zero-order chi connectivity index (χ0) is 54.3. The fourth-order valence-electron chi connectivity index (χ4n) is 6.89. The molecule has 1 atom stereocenters. The molecule has 0 N–H and O–H groups in total. The Morgan fingerprint density at radius 1 is 0.267 bits per heavy atom. The summed E-state index contributed by atoms with van der Waals surface area (Å²) in [6.07, 6.45) is 93.1. The Morgan fingerprint density at radius 2 is 0.507 bits per heavy atom. The summed E-state index contributed by atoms with van der Waals surface area (Å²) >= 11 is 0. The Labute approximate surface area is 458 Å². The number of hydrogen-bond acceptors (Lipinski definition) is 6. The van der Waals surface area contributed by atoms with Crippen molar-refractivity contribution in [1.29, 1.82) is 0 Å². The second-order valence-corrected chi connectivity index (χ2v) is 18.0. The highest BCUT2D eigenvalue weighted by molar-refractivity contribution is 5.71. The highest BCUT2D eigenvalue weighted by Crippen LogP contribution is 2.11. The van der Waals surface area contributed by atoms with Gasteiger partial charge >= 0.3 is 17.9 Å². The third-order valence-electron chi connectivity index (χ3n) is 11.1. The molecule has 0 heterocycles. The zero-order valence-electron chi connectivity index (χ0n) is 47.2. The smallest absolute Gasteiger partial charge is 0.306 e. The molecule has 0 amide bonds. The maximum absolute atomic E-state index is 12.8. The van der Waals surface area contributed by atoms with Gasteiger partial charge in [0.1, 0.15) is 13.2 Å². The Kier molecular flexibility index (Phi) is 56.1. The van der Waals surface area contributed by atoms with E-state index in [-0.39, 0.29) is 38.0 Å². The van der Waals surface area contributed by atoms with Crippen molar-refractivity contribution in [2.24, 2.45) is 0 Å². The van der Waals surface area contributed by atoms with Gasteiger partial charge in [-0.2, -0.15) is 0 Å². The average molecular weight is 1030 g/mol. The Morgan fingerprint density at radius 3 is 0.827 bits per heavy atom. The second-order valence-electron chi connectivity index (χ2n) is 18.0. The number of rotatable bonds is 49. The topological polar surface area (TPSA) is 78.9 Å². The van der Waals surface area contributed by atoms with Crippen LogP contribution in [-0.2, 0) is 28.6 Å². The van der Waals surface area contributed by atoms with Crippen LogP contribution in [0.15, 0.2) is 194 Å². The average Bonchev–Trinajstić information content (AvgIpc) is 3.41. The molecule has 0 rings (SSSR count). The van der Waals surface area contributed by atoms with Crippen molar-refractivity contribution in [3.05, 3.63) is 194 Å². The van der Waals surface area contributed by atoms with Crippen molar-refractivity contribution < 1.29 is 28.6 Å². The summed E-state index contributed by atoms with van der Waals surface area (Å²) in [6, 6.07) is 0. The predicted octanol–water partition coefficient (Wildman–Crippen LogP) is 19.9. The molecule has 0 aliphatic carbocycles. The van der Waals surface area contributed by atoms with Crippen LogP contribution in [0.1, 0.15) is 201 Å². The number of unbranched alkanes of at least 4 members (excludes halogenated alkanes) is 6. The Hall–Kier alpha value is -5.75. The lowest BCUT2D eigenvalue weighted by Crippen LogP contribution is -2.30. The first-order valence-electron chi connectivity index (χ1n) is 28.9. The standard InChI is InChI=1S/C69H102O6/c1-4-7-10-13-16-19-22-25-27-29-31-32-33-34-35-36-38-39-41-44-47-50-53-56-59-62-68(71)74-65-66(64-73-67(70)61-58-55-52-49-46-43-24-21-18-15-12-9-6-3)75-69(72)63-60-57-54-51-48-45-42-40-37-30-28-26-23-20-17-14-11-8-5-2/h7-12,16-21,25-28,31-32,34-35,37-40,43,45-46,48,52,54-55,57,66H,4-6,13-15,22-24,29-30,33,36,41-42,44,47,49-51,53,56,58-65H2,1-3H3/b10-7-,11-8-,12-9-,19-16-,20-17-,21-18-,27-25-,28-26-,32-31-,35-34-,39-38-,40-37-,46-43-,48-45-,55-52-,57-54-. The van der Waals surface area contributed by atoms with E-state index in [0.29, 0.717) is 19.3 Å². The van der Waals surface area contributed by atoms with Gasteiger partial charge in [-0.25, -0.2) is 0 Å². The van der Waals surface area contributed by atoms with E-state index in [0.717, 1.165) is 135 Å². The first-order valence-corrected chi connectivity index (χ1v) is 28.9. The minimum absolute atomic E-state index is 0.150. The van der Waals surface area contributed by atoms with Crippen molar-refractivity contribution >= 4 is 17.9 Å². The molecule has 0 spiro atoms. The molecule has 0 aromatic heterocycles. The van der Waals surface area contributed by atoms with E-state index in [1.807, 2.05) is 24.3 Å². The molecule has 414 valence electrons. The highest BCUT2D eigenvalue weighted by Gasteiger charge is 2.19. The SMILES string of the molecule is CC/C=C\C/C=C\C/C=C\C/C=C\C/C=C\C/C=C\CCCCCCCCC(=O)OCC(COC(=O)CC/C=C\C/C=C\C/C=C\C/C=C\CC)OC(=O)CC/C=C\C/C=C\C/C=C\C/C=C\C/C=C\C/C=C\CC. The highest BCUT2D eigenvalue weighted by atomic mass is 16.6. The van der Waals surface area contributed by atoms with Gasteiger partial charge in [0.05, 0.1) is 0 Å². The van der Waals surface area contributed by atoms with Crippen LogP contribution < -0.4 is 0 Å². The van der Waals surface area contributed by atoms with Crippen LogP contribution in [0, 0.1) is 0 Å². The van der Waals surface area contributed by atoms with Crippen LogP contribution in [0.3, 0.4) is 0 Å². The van der Waals surface area contributed by atoms with Crippen LogP contribution >= 0.6 is 0 Å². The number of ether oxygens (including phenoxy) is 3. The molecular weight excluding hydrogens is 925 g/mol. The molecule has 0 saturated heterocycles. The van der Waals surface area contributed by atoms with Crippen molar-refractivity contribution in [3.63, 3.8) is 0 Å². The van der Waals surface area contributed by atoms with E-state index in [2.05, 4.69) is 191 Å². The summed E-state index contributed by atoms with van der Waals surface area (Å²) in [5.74, 6) is -1.15. The van der Waals surface area contributed by atoms with Gasteiger partial charge in [-0.15, -0.1) is 0 Å².